The van der Waals surface area contributed by atoms with Gasteiger partial charge in [-0.1, -0.05) is 0 Å². The molecule has 0 aromatic rings. The van der Waals surface area contributed by atoms with E-state index in [9.17, 15) is 18.0 Å². The first kappa shape index (κ1) is 15.2. The molecule has 1 atom stereocenters. The largest absolute Gasteiger partial charge is 0.480 e. The topological polar surface area (TPSA) is 104 Å². The Bertz CT molecular complexity index is 486. The van der Waals surface area contributed by atoms with E-state index in [-0.39, 0.29) is 30.4 Å². The fourth-order valence-electron chi connectivity index (χ4n) is 2.37. The van der Waals surface area contributed by atoms with Gasteiger partial charge >= 0.3 is 5.97 Å². The number of nitrogens with zero attached hydrogens (tertiary/aromatic N) is 1. The zero-order chi connectivity index (χ0) is 14.8. The van der Waals surface area contributed by atoms with Crippen LogP contribution >= 0.6 is 0 Å². The average Bonchev–Trinajstić information content (AvgIpc) is 3.10. The molecule has 1 aliphatic carbocycles. The van der Waals surface area contributed by atoms with Gasteiger partial charge in [-0.25, -0.2) is 8.42 Å². The Balaban J connectivity index is 1.91. The Labute approximate surface area is 118 Å². The van der Waals surface area contributed by atoms with Crippen molar-refractivity contribution in [2.45, 2.75) is 25.3 Å². The highest BCUT2D eigenvalue weighted by atomic mass is 32.2. The summed E-state index contributed by atoms with van der Waals surface area (Å²) in [5, 5.41) is 11.9. The molecule has 1 amide bonds. The number of amides is 1. The second kappa shape index (κ2) is 6.09. The molecule has 8 heteroatoms. The summed E-state index contributed by atoms with van der Waals surface area (Å²) in [6.45, 7) is 0.501. The molecule has 2 aliphatic rings. The van der Waals surface area contributed by atoms with Gasteiger partial charge in [-0.05, 0) is 18.8 Å². The van der Waals surface area contributed by atoms with E-state index in [1.807, 2.05) is 0 Å². The maximum atomic E-state index is 12.1. The Morgan fingerprint density at radius 1 is 1.30 bits per heavy atom. The fraction of sp³-hybridized carbons (Fsp3) is 0.833. The summed E-state index contributed by atoms with van der Waals surface area (Å²) in [7, 11) is -3.09. The van der Waals surface area contributed by atoms with Crippen LogP contribution in [0.25, 0.3) is 0 Å². The molecule has 0 bridgehead atoms. The lowest BCUT2D eigenvalue weighted by Gasteiger charge is -2.26. The van der Waals surface area contributed by atoms with Crippen LogP contribution in [0.15, 0.2) is 0 Å². The van der Waals surface area contributed by atoms with Gasteiger partial charge in [-0.3, -0.25) is 9.59 Å². The number of carboxylic acid groups (broad SMARTS) is 1. The molecule has 1 heterocycles. The quantitative estimate of drug-likeness (QED) is 0.658. The third-order valence-corrected chi connectivity index (χ3v) is 5.31. The minimum atomic E-state index is -3.09. The summed E-state index contributed by atoms with van der Waals surface area (Å²) in [5.41, 5.74) is 0. The molecule has 0 aromatic heterocycles. The number of rotatable bonds is 6. The number of sulfone groups is 1. The van der Waals surface area contributed by atoms with Crippen molar-refractivity contribution in [2.75, 3.05) is 31.1 Å². The molecule has 0 aromatic carbocycles. The molecule has 1 unspecified atom stereocenters. The molecule has 0 spiro atoms. The van der Waals surface area contributed by atoms with Crippen LogP contribution < -0.4 is 5.32 Å². The molecule has 2 rings (SSSR count). The van der Waals surface area contributed by atoms with Gasteiger partial charge in [-0.15, -0.1) is 0 Å². The molecule has 20 heavy (non-hydrogen) atoms. The van der Waals surface area contributed by atoms with Gasteiger partial charge in [-0.2, -0.15) is 0 Å². The first-order valence-corrected chi connectivity index (χ1v) is 8.61. The molecule has 1 saturated carbocycles. The molecule has 114 valence electrons. The summed E-state index contributed by atoms with van der Waals surface area (Å²) < 4.78 is 23.0. The summed E-state index contributed by atoms with van der Waals surface area (Å²) in [5.74, 6) is -0.875. The molecule has 2 N–H and O–H groups in total. The number of hydrogen-bond acceptors (Lipinski definition) is 5. The van der Waals surface area contributed by atoms with Crippen LogP contribution in [0.1, 0.15) is 19.3 Å². The van der Waals surface area contributed by atoms with E-state index in [2.05, 4.69) is 5.32 Å². The molecular formula is C12H20N2O5S. The van der Waals surface area contributed by atoms with Crippen molar-refractivity contribution in [3.8, 4) is 0 Å². The first-order valence-electron chi connectivity index (χ1n) is 6.79. The van der Waals surface area contributed by atoms with Crippen molar-refractivity contribution >= 4 is 21.7 Å². The van der Waals surface area contributed by atoms with Crippen LogP contribution in [0.3, 0.4) is 0 Å². The average molecular weight is 304 g/mol. The third-order valence-electron chi connectivity index (χ3n) is 3.58. The zero-order valence-electron chi connectivity index (χ0n) is 11.2. The highest BCUT2D eigenvalue weighted by Crippen LogP contribution is 2.29. The second-order valence-corrected chi connectivity index (χ2v) is 7.81. The molecule has 1 aliphatic heterocycles. The van der Waals surface area contributed by atoms with Crippen molar-refractivity contribution in [3.05, 3.63) is 0 Å². The Morgan fingerprint density at radius 2 is 2.00 bits per heavy atom. The molecule has 7 nitrogen and oxygen atoms in total. The van der Waals surface area contributed by atoms with Crippen molar-refractivity contribution in [1.82, 2.24) is 10.2 Å². The summed E-state index contributed by atoms with van der Waals surface area (Å²) >= 11 is 0. The number of aliphatic carboxylic acids is 1. The normalized spacial score (nSPS) is 25.1. The van der Waals surface area contributed by atoms with Gasteiger partial charge in [0.15, 0.2) is 9.84 Å². The fourth-order valence-corrected chi connectivity index (χ4v) is 3.81. The van der Waals surface area contributed by atoms with Crippen molar-refractivity contribution in [3.63, 3.8) is 0 Å². The Kier molecular flexibility index (Phi) is 4.64. The van der Waals surface area contributed by atoms with Crippen molar-refractivity contribution in [2.24, 2.45) is 5.92 Å². The second-order valence-electron chi connectivity index (χ2n) is 5.58. The Morgan fingerprint density at radius 3 is 2.55 bits per heavy atom. The van der Waals surface area contributed by atoms with Gasteiger partial charge < -0.3 is 15.3 Å². The van der Waals surface area contributed by atoms with Gasteiger partial charge in [0.05, 0.1) is 11.5 Å². The van der Waals surface area contributed by atoms with E-state index in [1.165, 1.54) is 4.90 Å². The first-order chi connectivity index (χ1) is 9.35. The number of hydrogen-bond donors (Lipinski definition) is 2. The van der Waals surface area contributed by atoms with Crippen LogP contribution in [0.4, 0.5) is 0 Å². The summed E-state index contributed by atoms with van der Waals surface area (Å²) in [6.07, 6.45) is 2.10. The van der Waals surface area contributed by atoms with Crippen LogP contribution in [-0.2, 0) is 19.4 Å². The van der Waals surface area contributed by atoms with Crippen LogP contribution in [0.5, 0.6) is 0 Å². The van der Waals surface area contributed by atoms with Crippen molar-refractivity contribution in [1.29, 1.82) is 0 Å². The minimum absolute atomic E-state index is 0.0409. The predicted molar refractivity (Wildman–Crippen MR) is 72.0 cm³/mol. The van der Waals surface area contributed by atoms with Crippen LogP contribution in [0, 0.1) is 5.92 Å². The van der Waals surface area contributed by atoms with Gasteiger partial charge in [0.1, 0.15) is 6.54 Å². The monoisotopic (exact) mass is 304 g/mol. The van der Waals surface area contributed by atoms with Crippen LogP contribution in [0.2, 0.25) is 0 Å². The van der Waals surface area contributed by atoms with Crippen molar-refractivity contribution < 1.29 is 23.1 Å². The van der Waals surface area contributed by atoms with E-state index in [1.54, 1.807) is 0 Å². The van der Waals surface area contributed by atoms with Crippen LogP contribution in [-0.4, -0.2) is 67.5 Å². The minimum Gasteiger partial charge on any atom is -0.480 e. The van der Waals surface area contributed by atoms with E-state index >= 15 is 0 Å². The maximum absolute atomic E-state index is 12.1. The molecule has 1 saturated heterocycles. The SMILES string of the molecule is O=C(O)CN(CC1CC1)C(=O)CC1CS(=O)(=O)CCN1. The van der Waals surface area contributed by atoms with Gasteiger partial charge in [0.2, 0.25) is 5.91 Å². The number of carbonyl (C=O) groups excluding carboxylic acids is 1. The molecule has 0 radical (unpaired) electrons. The number of carbonyl (C=O) groups is 2. The highest BCUT2D eigenvalue weighted by molar-refractivity contribution is 7.91. The lowest BCUT2D eigenvalue weighted by atomic mass is 10.2. The van der Waals surface area contributed by atoms with E-state index in [4.69, 9.17) is 5.11 Å². The smallest absolute Gasteiger partial charge is 0.323 e. The van der Waals surface area contributed by atoms with Gasteiger partial charge in [0.25, 0.3) is 0 Å². The summed E-state index contributed by atoms with van der Waals surface area (Å²) in [6, 6.07) is -0.406. The zero-order valence-corrected chi connectivity index (χ0v) is 12.1. The third kappa shape index (κ3) is 4.75. The molecule has 2 fully saturated rings. The van der Waals surface area contributed by atoms with E-state index < -0.39 is 21.8 Å². The predicted octanol–water partition coefficient (Wildman–Crippen LogP) is -0.914. The number of carboxylic acids is 1. The molecular weight excluding hydrogens is 284 g/mol. The van der Waals surface area contributed by atoms with E-state index in [0.717, 1.165) is 12.8 Å². The standard InChI is InChI=1S/C12H20N2O5S/c15-11(5-10-8-20(18,19)4-3-13-10)14(7-12(16)17)6-9-1-2-9/h9-10,13H,1-8H2,(H,16,17). The lowest BCUT2D eigenvalue weighted by Crippen LogP contribution is -2.48. The number of nitrogens with one attached hydrogen (secondary N) is 1. The van der Waals surface area contributed by atoms with Gasteiger partial charge in [0, 0.05) is 25.6 Å². The highest BCUT2D eigenvalue weighted by Gasteiger charge is 2.31. The maximum Gasteiger partial charge on any atom is 0.323 e. The summed E-state index contributed by atoms with van der Waals surface area (Å²) in [4.78, 5) is 24.3. The Hall–Kier alpha value is -1.15. The lowest BCUT2D eigenvalue weighted by molar-refractivity contribution is -0.144. The van der Waals surface area contributed by atoms with E-state index in [0.29, 0.717) is 19.0 Å².